The molecule has 0 aromatic heterocycles. The van der Waals surface area contributed by atoms with Crippen molar-refractivity contribution in [2.45, 2.75) is 44.4 Å². The molecule has 1 atom stereocenters. The van der Waals surface area contributed by atoms with Crippen LogP contribution in [0.15, 0.2) is 30.3 Å². The van der Waals surface area contributed by atoms with Crippen molar-refractivity contribution < 1.29 is 24.6 Å². The van der Waals surface area contributed by atoms with E-state index in [-0.39, 0.29) is 12.7 Å². The molecule has 2 rings (SSSR count). The predicted molar refractivity (Wildman–Crippen MR) is 91.5 cm³/mol. The van der Waals surface area contributed by atoms with Crippen LogP contribution in [-0.2, 0) is 20.9 Å². The first-order valence-electron chi connectivity index (χ1n) is 8.38. The summed E-state index contributed by atoms with van der Waals surface area (Å²) in [5.41, 5.74) is 3.24. The van der Waals surface area contributed by atoms with Crippen LogP contribution in [0.25, 0.3) is 6.08 Å². The van der Waals surface area contributed by atoms with Crippen molar-refractivity contribution in [2.75, 3.05) is 6.61 Å². The van der Waals surface area contributed by atoms with E-state index in [4.69, 9.17) is 9.94 Å². The highest BCUT2D eigenvalue weighted by Gasteiger charge is 2.24. The van der Waals surface area contributed by atoms with Crippen molar-refractivity contribution in [3.8, 4) is 0 Å². The van der Waals surface area contributed by atoms with Crippen LogP contribution in [-0.4, -0.2) is 40.9 Å². The number of amides is 1. The van der Waals surface area contributed by atoms with E-state index < -0.39 is 17.9 Å². The van der Waals surface area contributed by atoms with Gasteiger partial charge in [0.15, 0.2) is 0 Å². The molecule has 1 aromatic rings. The molecule has 1 fully saturated rings. The van der Waals surface area contributed by atoms with Gasteiger partial charge < -0.3 is 9.84 Å². The number of hydroxylamine groups is 1. The zero-order valence-electron chi connectivity index (χ0n) is 14.0. The molecule has 1 aromatic carbocycles. The zero-order valence-corrected chi connectivity index (χ0v) is 14.0. The van der Waals surface area contributed by atoms with Gasteiger partial charge in [-0.1, -0.05) is 24.3 Å². The average molecular weight is 348 g/mol. The largest absolute Gasteiger partial charge is 0.461 e. The van der Waals surface area contributed by atoms with E-state index >= 15 is 0 Å². The Kier molecular flexibility index (Phi) is 7.59. The van der Waals surface area contributed by atoms with E-state index in [1.165, 1.54) is 11.6 Å². The first kappa shape index (κ1) is 19.1. The molecule has 0 radical (unpaired) electrons. The Labute approximate surface area is 146 Å². The van der Waals surface area contributed by atoms with Crippen molar-refractivity contribution in [3.05, 3.63) is 41.5 Å². The minimum Gasteiger partial charge on any atom is -0.461 e. The maximum atomic E-state index is 12.1. The smallest absolute Gasteiger partial charge is 0.325 e. The number of esters is 1. The molecular formula is C18H24N2O5. The first-order chi connectivity index (χ1) is 12.1. The lowest BCUT2D eigenvalue weighted by molar-refractivity contribution is -0.152. The number of carbonyl (C=O) groups excluding carboxylic acids is 2. The molecule has 25 heavy (non-hydrogen) atoms. The summed E-state index contributed by atoms with van der Waals surface area (Å²) in [5.74, 6) is -1.01. The third-order valence-electron chi connectivity index (χ3n) is 4.12. The maximum absolute atomic E-state index is 12.1. The van der Waals surface area contributed by atoms with E-state index in [9.17, 15) is 14.7 Å². The van der Waals surface area contributed by atoms with Gasteiger partial charge in [-0.3, -0.25) is 20.1 Å². The number of benzene rings is 1. The van der Waals surface area contributed by atoms with Gasteiger partial charge in [0.05, 0.1) is 6.61 Å². The van der Waals surface area contributed by atoms with Crippen LogP contribution in [0.1, 0.15) is 36.8 Å². The van der Waals surface area contributed by atoms with Gasteiger partial charge in [-0.15, -0.1) is 0 Å². The Morgan fingerprint density at radius 3 is 2.52 bits per heavy atom. The van der Waals surface area contributed by atoms with Crippen molar-refractivity contribution in [2.24, 2.45) is 0 Å². The molecule has 1 unspecified atom stereocenters. The maximum Gasteiger partial charge on any atom is 0.325 e. The van der Waals surface area contributed by atoms with Crippen molar-refractivity contribution in [3.63, 3.8) is 0 Å². The Balaban J connectivity index is 1.82. The van der Waals surface area contributed by atoms with Gasteiger partial charge >= 0.3 is 5.97 Å². The molecule has 0 aliphatic heterocycles. The molecule has 0 saturated heterocycles. The van der Waals surface area contributed by atoms with Crippen molar-refractivity contribution in [1.29, 1.82) is 0 Å². The standard InChI is InChI=1S/C18H24N2O5/c21-12-16(18(23)25-15-3-1-2-4-15)19-11-14-7-5-13(6-8-14)9-10-17(22)20-24/h5-10,15-16,19,21,24H,1-4,11-12H2,(H,20,22)/b10-9+. The summed E-state index contributed by atoms with van der Waals surface area (Å²) in [6, 6.07) is 6.57. The second kappa shape index (κ2) is 9.93. The van der Waals surface area contributed by atoms with Crippen LogP contribution in [0, 0.1) is 0 Å². The van der Waals surface area contributed by atoms with E-state index in [0.717, 1.165) is 36.8 Å². The lowest BCUT2D eigenvalue weighted by Crippen LogP contribution is -2.41. The topological polar surface area (TPSA) is 108 Å². The second-order valence-electron chi connectivity index (χ2n) is 6.01. The quantitative estimate of drug-likeness (QED) is 0.243. The fourth-order valence-electron chi connectivity index (χ4n) is 2.67. The Bertz CT molecular complexity index is 594. The number of rotatable bonds is 8. The average Bonchev–Trinajstić information content (AvgIpc) is 3.14. The number of hydrogen-bond donors (Lipinski definition) is 4. The number of nitrogens with one attached hydrogen (secondary N) is 2. The summed E-state index contributed by atoms with van der Waals surface area (Å²) in [5, 5.41) is 20.8. The molecule has 7 heteroatoms. The molecule has 1 amide bonds. The van der Waals surface area contributed by atoms with Gasteiger partial charge in [-0.25, -0.2) is 5.48 Å². The normalized spacial score (nSPS) is 16.1. The molecule has 7 nitrogen and oxygen atoms in total. The first-order valence-corrected chi connectivity index (χ1v) is 8.38. The fraction of sp³-hybridized carbons (Fsp3) is 0.444. The van der Waals surface area contributed by atoms with E-state index in [0.29, 0.717) is 6.54 Å². The summed E-state index contributed by atoms with van der Waals surface area (Å²) in [6.45, 7) is 0.0920. The minimum atomic E-state index is -0.742. The predicted octanol–water partition coefficient (Wildman–Crippen LogP) is 1.14. The summed E-state index contributed by atoms with van der Waals surface area (Å²) < 4.78 is 5.41. The molecule has 1 aliphatic carbocycles. The molecule has 1 saturated carbocycles. The van der Waals surface area contributed by atoms with Crippen molar-refractivity contribution >= 4 is 18.0 Å². The van der Waals surface area contributed by atoms with Gasteiger partial charge in [0, 0.05) is 12.6 Å². The number of aliphatic hydroxyl groups is 1. The third-order valence-corrected chi connectivity index (χ3v) is 4.12. The molecule has 4 N–H and O–H groups in total. The molecule has 0 heterocycles. The van der Waals surface area contributed by atoms with E-state index in [2.05, 4.69) is 5.32 Å². The van der Waals surface area contributed by atoms with Gasteiger partial charge in [-0.2, -0.15) is 0 Å². The highest BCUT2D eigenvalue weighted by molar-refractivity contribution is 5.90. The molecule has 1 aliphatic rings. The van der Waals surface area contributed by atoms with Crippen LogP contribution >= 0.6 is 0 Å². The number of hydrogen-bond acceptors (Lipinski definition) is 6. The second-order valence-corrected chi connectivity index (χ2v) is 6.01. The molecular weight excluding hydrogens is 324 g/mol. The van der Waals surface area contributed by atoms with Gasteiger partial charge in [0.1, 0.15) is 12.1 Å². The SMILES string of the molecule is O=C(/C=C/c1ccc(CNC(CO)C(=O)OC2CCCC2)cc1)NO. The summed E-state index contributed by atoms with van der Waals surface area (Å²) >= 11 is 0. The van der Waals surface area contributed by atoms with Gasteiger partial charge in [-0.05, 0) is 42.9 Å². The van der Waals surface area contributed by atoms with Crippen LogP contribution in [0.5, 0.6) is 0 Å². The Morgan fingerprint density at radius 1 is 1.24 bits per heavy atom. The van der Waals surface area contributed by atoms with E-state index in [1.54, 1.807) is 6.08 Å². The number of ether oxygens (including phenoxy) is 1. The molecule has 0 spiro atoms. The number of carbonyl (C=O) groups is 2. The number of aliphatic hydroxyl groups excluding tert-OH is 1. The van der Waals surface area contributed by atoms with Crippen LogP contribution in [0.3, 0.4) is 0 Å². The van der Waals surface area contributed by atoms with Crippen molar-refractivity contribution in [1.82, 2.24) is 10.8 Å². The Hall–Kier alpha value is -2.22. The van der Waals surface area contributed by atoms with Crippen LogP contribution in [0.2, 0.25) is 0 Å². The zero-order chi connectivity index (χ0) is 18.1. The van der Waals surface area contributed by atoms with E-state index in [1.807, 2.05) is 24.3 Å². The lowest BCUT2D eigenvalue weighted by Gasteiger charge is -2.18. The highest BCUT2D eigenvalue weighted by Crippen LogP contribution is 2.21. The van der Waals surface area contributed by atoms with Gasteiger partial charge in [0.25, 0.3) is 5.91 Å². The van der Waals surface area contributed by atoms with Gasteiger partial charge in [0.2, 0.25) is 0 Å². The monoisotopic (exact) mass is 348 g/mol. The van der Waals surface area contributed by atoms with Crippen LogP contribution in [0.4, 0.5) is 0 Å². The minimum absolute atomic E-state index is 0.0226. The molecule has 136 valence electrons. The summed E-state index contributed by atoms with van der Waals surface area (Å²) in [6.07, 6.45) is 6.71. The lowest BCUT2D eigenvalue weighted by atomic mass is 10.1. The summed E-state index contributed by atoms with van der Waals surface area (Å²) in [7, 11) is 0. The highest BCUT2D eigenvalue weighted by atomic mass is 16.5. The van der Waals surface area contributed by atoms with Crippen LogP contribution < -0.4 is 10.8 Å². The fourth-order valence-corrected chi connectivity index (χ4v) is 2.67. The molecule has 0 bridgehead atoms. The summed E-state index contributed by atoms with van der Waals surface area (Å²) in [4.78, 5) is 23.0. The third kappa shape index (κ3) is 6.30. The Morgan fingerprint density at radius 2 is 1.92 bits per heavy atom.